The third kappa shape index (κ3) is 3.19. The first-order chi connectivity index (χ1) is 11.0. The largest absolute Gasteiger partial charge is 0.417 e. The normalized spacial score (nSPS) is 13.3. The topological polar surface area (TPSA) is 29.6 Å². The van der Waals surface area contributed by atoms with Gasteiger partial charge in [-0.3, -0.25) is 0 Å². The lowest BCUT2D eigenvalue weighted by molar-refractivity contribution is -0.137. The van der Waals surface area contributed by atoms with E-state index in [1.807, 2.05) is 35.9 Å². The minimum Gasteiger partial charge on any atom is -0.318 e. The highest BCUT2D eigenvalue weighted by molar-refractivity contribution is 7.16. The van der Waals surface area contributed by atoms with Gasteiger partial charge in [-0.05, 0) is 18.2 Å². The molecular formula is C16H12F3N3S. The van der Waals surface area contributed by atoms with Crippen LogP contribution in [0.25, 0.3) is 10.2 Å². The van der Waals surface area contributed by atoms with Crippen LogP contribution in [0.5, 0.6) is 0 Å². The molecule has 1 heterocycles. The first-order valence-electron chi connectivity index (χ1n) is 6.74. The number of thiazole rings is 1. The lowest BCUT2D eigenvalue weighted by Crippen LogP contribution is -2.10. The molecule has 0 saturated heterocycles. The van der Waals surface area contributed by atoms with E-state index >= 15 is 0 Å². The molecule has 0 aliphatic carbocycles. The Balaban J connectivity index is 1.99. The average Bonchev–Trinajstić information content (AvgIpc) is 2.84. The van der Waals surface area contributed by atoms with Crippen molar-refractivity contribution in [2.75, 3.05) is 0 Å². The van der Waals surface area contributed by atoms with Gasteiger partial charge in [-0.2, -0.15) is 18.3 Å². The molecule has 0 radical (unpaired) electrons. The van der Waals surface area contributed by atoms with Gasteiger partial charge in [0, 0.05) is 12.6 Å². The van der Waals surface area contributed by atoms with E-state index < -0.39 is 11.7 Å². The summed E-state index contributed by atoms with van der Waals surface area (Å²) in [5, 5.41) is 7.88. The van der Waals surface area contributed by atoms with Crippen molar-refractivity contribution in [1.82, 2.24) is 4.57 Å². The van der Waals surface area contributed by atoms with Crippen molar-refractivity contribution in [3.8, 4) is 0 Å². The van der Waals surface area contributed by atoms with Gasteiger partial charge in [0.2, 0.25) is 4.80 Å². The Kier molecular flexibility index (Phi) is 4.04. The SMILES string of the molecule is Cn1/c(=N\N=C\c2ccccc2C(F)(F)F)sc2ccccc21. The molecule has 0 amide bonds. The van der Waals surface area contributed by atoms with E-state index in [0.717, 1.165) is 22.5 Å². The highest BCUT2D eigenvalue weighted by atomic mass is 32.1. The van der Waals surface area contributed by atoms with Crippen molar-refractivity contribution < 1.29 is 13.2 Å². The van der Waals surface area contributed by atoms with E-state index in [9.17, 15) is 13.2 Å². The van der Waals surface area contributed by atoms with Gasteiger partial charge < -0.3 is 4.57 Å². The van der Waals surface area contributed by atoms with Crippen LogP contribution in [-0.2, 0) is 13.2 Å². The number of aryl methyl sites for hydroxylation is 1. The fourth-order valence-corrected chi connectivity index (χ4v) is 3.16. The second kappa shape index (κ2) is 6.00. The van der Waals surface area contributed by atoms with Crippen molar-refractivity contribution >= 4 is 27.8 Å². The van der Waals surface area contributed by atoms with E-state index in [4.69, 9.17) is 0 Å². The predicted octanol–water partition coefficient (Wildman–Crippen LogP) is 4.19. The van der Waals surface area contributed by atoms with Crippen LogP contribution < -0.4 is 4.80 Å². The molecule has 3 aromatic rings. The van der Waals surface area contributed by atoms with E-state index in [1.54, 1.807) is 0 Å². The molecule has 0 aliphatic rings. The number of hydrogen-bond donors (Lipinski definition) is 0. The highest BCUT2D eigenvalue weighted by Gasteiger charge is 2.32. The number of halogens is 3. The van der Waals surface area contributed by atoms with Crippen molar-refractivity contribution in [1.29, 1.82) is 0 Å². The maximum atomic E-state index is 12.9. The summed E-state index contributed by atoms with van der Waals surface area (Å²) in [6, 6.07) is 13.0. The van der Waals surface area contributed by atoms with Gasteiger partial charge in [0.15, 0.2) is 0 Å². The maximum Gasteiger partial charge on any atom is 0.417 e. The molecule has 23 heavy (non-hydrogen) atoms. The third-order valence-corrected chi connectivity index (χ3v) is 4.42. The predicted molar refractivity (Wildman–Crippen MR) is 85.4 cm³/mol. The fourth-order valence-electron chi connectivity index (χ4n) is 2.19. The number of hydrogen-bond acceptors (Lipinski definition) is 3. The smallest absolute Gasteiger partial charge is 0.318 e. The molecular weight excluding hydrogens is 323 g/mol. The minimum absolute atomic E-state index is 0.00693. The van der Waals surface area contributed by atoms with Gasteiger partial charge >= 0.3 is 6.18 Å². The van der Waals surface area contributed by atoms with Gasteiger partial charge in [-0.15, -0.1) is 5.10 Å². The van der Waals surface area contributed by atoms with Crippen molar-refractivity contribution in [2.24, 2.45) is 17.3 Å². The Labute approximate surface area is 134 Å². The van der Waals surface area contributed by atoms with E-state index in [0.29, 0.717) is 4.80 Å². The number of aromatic nitrogens is 1. The van der Waals surface area contributed by atoms with Crippen molar-refractivity contribution in [3.63, 3.8) is 0 Å². The van der Waals surface area contributed by atoms with Crippen LogP contribution >= 0.6 is 11.3 Å². The van der Waals surface area contributed by atoms with Gasteiger partial charge in [-0.25, -0.2) is 0 Å². The van der Waals surface area contributed by atoms with E-state index in [-0.39, 0.29) is 5.56 Å². The molecule has 0 fully saturated rings. The molecule has 1 aromatic heterocycles. The maximum absolute atomic E-state index is 12.9. The zero-order valence-corrected chi connectivity index (χ0v) is 12.9. The highest BCUT2D eigenvalue weighted by Crippen LogP contribution is 2.31. The quantitative estimate of drug-likeness (QED) is 0.496. The molecule has 7 heteroatoms. The number of para-hydroxylation sites is 1. The van der Waals surface area contributed by atoms with E-state index in [1.165, 1.54) is 29.5 Å². The Morgan fingerprint density at radius 2 is 1.74 bits per heavy atom. The monoisotopic (exact) mass is 335 g/mol. The minimum atomic E-state index is -4.41. The summed E-state index contributed by atoms with van der Waals surface area (Å²) >= 11 is 1.43. The van der Waals surface area contributed by atoms with Crippen molar-refractivity contribution in [2.45, 2.75) is 6.18 Å². The second-order valence-corrected chi connectivity index (χ2v) is 5.85. The Bertz CT molecular complexity index is 935. The summed E-state index contributed by atoms with van der Waals surface area (Å²) in [6.07, 6.45) is -3.28. The molecule has 0 saturated carbocycles. The number of fused-ring (bicyclic) bond motifs is 1. The summed E-state index contributed by atoms with van der Waals surface area (Å²) in [4.78, 5) is 0.618. The summed E-state index contributed by atoms with van der Waals surface area (Å²) in [6.45, 7) is 0. The molecule has 0 bridgehead atoms. The molecule has 0 unspecified atom stereocenters. The molecule has 0 spiro atoms. The number of nitrogens with zero attached hydrogens (tertiary/aromatic N) is 3. The van der Waals surface area contributed by atoms with Crippen LogP contribution in [0.4, 0.5) is 13.2 Å². The molecule has 118 valence electrons. The number of alkyl halides is 3. The van der Waals surface area contributed by atoms with Crippen LogP contribution in [0.1, 0.15) is 11.1 Å². The summed E-state index contributed by atoms with van der Waals surface area (Å²) < 4.78 is 41.6. The van der Waals surface area contributed by atoms with Crippen molar-refractivity contribution in [3.05, 3.63) is 64.5 Å². The lowest BCUT2D eigenvalue weighted by Gasteiger charge is -2.08. The lowest BCUT2D eigenvalue weighted by atomic mass is 10.1. The van der Waals surface area contributed by atoms with Crippen LogP contribution in [-0.4, -0.2) is 10.8 Å². The number of benzene rings is 2. The fraction of sp³-hybridized carbons (Fsp3) is 0.125. The molecule has 0 N–H and O–H groups in total. The van der Waals surface area contributed by atoms with Gasteiger partial charge in [0.25, 0.3) is 0 Å². The molecule has 3 rings (SSSR count). The molecule has 0 aliphatic heterocycles. The zero-order valence-electron chi connectivity index (χ0n) is 12.1. The van der Waals surface area contributed by atoms with Gasteiger partial charge in [0.1, 0.15) is 0 Å². The van der Waals surface area contributed by atoms with Crippen LogP contribution in [0, 0.1) is 0 Å². The molecule has 3 nitrogen and oxygen atoms in total. The Hall–Kier alpha value is -2.41. The summed E-state index contributed by atoms with van der Waals surface area (Å²) in [5.74, 6) is 0. The van der Waals surface area contributed by atoms with Gasteiger partial charge in [0.05, 0.1) is 22.0 Å². The summed E-state index contributed by atoms with van der Waals surface area (Å²) in [5.41, 5.74) is 0.273. The second-order valence-electron chi connectivity index (χ2n) is 4.84. The van der Waals surface area contributed by atoms with Gasteiger partial charge in [-0.1, -0.05) is 41.7 Å². The Morgan fingerprint density at radius 1 is 1.04 bits per heavy atom. The third-order valence-electron chi connectivity index (χ3n) is 3.32. The van der Waals surface area contributed by atoms with E-state index in [2.05, 4.69) is 10.2 Å². The molecule has 2 aromatic carbocycles. The first-order valence-corrected chi connectivity index (χ1v) is 7.56. The van der Waals surface area contributed by atoms with Crippen LogP contribution in [0.3, 0.4) is 0 Å². The zero-order chi connectivity index (χ0) is 16.4. The van der Waals surface area contributed by atoms with Crippen LogP contribution in [0.2, 0.25) is 0 Å². The first kappa shape index (κ1) is 15.5. The number of rotatable bonds is 2. The standard InChI is InChI=1S/C16H12F3N3S/c1-22-13-8-4-5-9-14(13)23-15(22)21-20-10-11-6-2-3-7-12(11)16(17,18)19/h2-10H,1H3/b20-10+,21-15+. The Morgan fingerprint density at radius 3 is 2.48 bits per heavy atom. The summed E-state index contributed by atoms with van der Waals surface area (Å²) in [7, 11) is 1.84. The molecule has 0 atom stereocenters. The average molecular weight is 335 g/mol. The van der Waals surface area contributed by atoms with Crippen LogP contribution in [0.15, 0.2) is 58.7 Å².